The van der Waals surface area contributed by atoms with Crippen molar-refractivity contribution < 1.29 is 4.74 Å². The number of hydrogen-bond acceptors (Lipinski definition) is 1. The van der Waals surface area contributed by atoms with Gasteiger partial charge in [-0.3, -0.25) is 0 Å². The van der Waals surface area contributed by atoms with Crippen molar-refractivity contribution in [1.82, 2.24) is 0 Å². The quantitative estimate of drug-likeness (QED) is 0.762. The summed E-state index contributed by atoms with van der Waals surface area (Å²) in [6.07, 6.45) is 4.91. The molecule has 1 fully saturated rings. The minimum Gasteiger partial charge on any atom is -0.378 e. The molecule has 82 valence electrons. The molecule has 15 heavy (non-hydrogen) atoms. The van der Waals surface area contributed by atoms with E-state index in [1.54, 1.807) is 0 Å². The highest BCUT2D eigenvalue weighted by Gasteiger charge is 2.14. The summed E-state index contributed by atoms with van der Waals surface area (Å²) >= 11 is 11.8. The van der Waals surface area contributed by atoms with E-state index in [1.165, 1.54) is 18.4 Å². The van der Waals surface area contributed by atoms with Crippen molar-refractivity contribution in [3.63, 3.8) is 0 Å². The summed E-state index contributed by atoms with van der Waals surface area (Å²) < 4.78 is 5.68. The van der Waals surface area contributed by atoms with Crippen LogP contribution in [0.2, 0.25) is 10.0 Å². The highest BCUT2D eigenvalue weighted by Crippen LogP contribution is 2.24. The molecule has 0 radical (unpaired) electrons. The van der Waals surface area contributed by atoms with Gasteiger partial charge in [0.05, 0.1) is 16.1 Å². The molecule has 0 amide bonds. The van der Waals surface area contributed by atoms with Crippen LogP contribution in [-0.2, 0) is 11.2 Å². The third kappa shape index (κ3) is 3.10. The maximum Gasteiger partial charge on any atom is 0.0615 e. The first-order valence-corrected chi connectivity index (χ1v) is 6.07. The molecule has 1 nitrogen and oxygen atoms in total. The van der Waals surface area contributed by atoms with Gasteiger partial charge in [0.15, 0.2) is 0 Å². The standard InChI is InChI=1S/C12H14Cl2O/c13-11-5-4-9(8-12(11)14)7-10-3-1-2-6-15-10/h4-5,8,10H,1-3,6-7H2. The monoisotopic (exact) mass is 244 g/mol. The van der Waals surface area contributed by atoms with Gasteiger partial charge in [-0.2, -0.15) is 0 Å². The molecule has 1 unspecified atom stereocenters. The second kappa shape index (κ2) is 5.20. The summed E-state index contributed by atoms with van der Waals surface area (Å²) in [7, 11) is 0. The summed E-state index contributed by atoms with van der Waals surface area (Å²) in [6.45, 7) is 0.895. The lowest BCUT2D eigenvalue weighted by Gasteiger charge is -2.22. The van der Waals surface area contributed by atoms with E-state index >= 15 is 0 Å². The van der Waals surface area contributed by atoms with Gasteiger partial charge in [0.25, 0.3) is 0 Å². The molecule has 1 aromatic carbocycles. The molecule has 1 saturated heterocycles. The van der Waals surface area contributed by atoms with Gasteiger partial charge in [0, 0.05) is 6.61 Å². The molecule has 0 aliphatic carbocycles. The fourth-order valence-corrected chi connectivity index (χ4v) is 2.22. The maximum absolute atomic E-state index is 5.96. The van der Waals surface area contributed by atoms with Crippen LogP contribution in [0.4, 0.5) is 0 Å². The third-order valence-corrected chi connectivity index (χ3v) is 3.46. The molecule has 0 aromatic heterocycles. The van der Waals surface area contributed by atoms with Gasteiger partial charge >= 0.3 is 0 Å². The predicted molar refractivity (Wildman–Crippen MR) is 63.8 cm³/mol. The predicted octanol–water partition coefficient (Wildman–Crippen LogP) is 4.11. The Labute approximate surface area is 100 Å². The van der Waals surface area contributed by atoms with E-state index in [0.29, 0.717) is 16.1 Å². The van der Waals surface area contributed by atoms with E-state index in [-0.39, 0.29) is 0 Å². The minimum absolute atomic E-state index is 0.357. The summed E-state index contributed by atoms with van der Waals surface area (Å²) in [5, 5.41) is 1.25. The Balaban J connectivity index is 2.00. The van der Waals surface area contributed by atoms with Crippen LogP contribution in [0.1, 0.15) is 24.8 Å². The molecule has 1 aliphatic rings. The molecule has 0 bridgehead atoms. The van der Waals surface area contributed by atoms with Crippen LogP contribution in [0.5, 0.6) is 0 Å². The van der Waals surface area contributed by atoms with Gasteiger partial charge < -0.3 is 4.74 Å². The Kier molecular flexibility index (Phi) is 3.90. The molecule has 1 aliphatic heterocycles. The largest absolute Gasteiger partial charge is 0.378 e. The zero-order valence-electron chi connectivity index (χ0n) is 8.51. The van der Waals surface area contributed by atoms with Crippen molar-refractivity contribution in [2.75, 3.05) is 6.61 Å². The fraction of sp³-hybridized carbons (Fsp3) is 0.500. The van der Waals surface area contributed by atoms with E-state index < -0.39 is 0 Å². The third-order valence-electron chi connectivity index (χ3n) is 2.72. The summed E-state index contributed by atoms with van der Waals surface area (Å²) in [6, 6.07) is 5.80. The van der Waals surface area contributed by atoms with E-state index in [2.05, 4.69) is 0 Å². The Bertz CT molecular complexity index is 332. The molecule has 1 aromatic rings. The van der Waals surface area contributed by atoms with Crippen LogP contribution in [0, 0.1) is 0 Å². The molecule has 2 rings (SSSR count). The van der Waals surface area contributed by atoms with Crippen molar-refractivity contribution in [2.24, 2.45) is 0 Å². The van der Waals surface area contributed by atoms with Gasteiger partial charge in [-0.05, 0) is 43.4 Å². The lowest BCUT2D eigenvalue weighted by atomic mass is 10.0. The van der Waals surface area contributed by atoms with Crippen LogP contribution in [0.25, 0.3) is 0 Å². The molecule has 0 spiro atoms. The molecule has 1 atom stereocenters. The SMILES string of the molecule is Clc1ccc(CC2CCCCO2)cc1Cl. The summed E-state index contributed by atoms with van der Waals surface area (Å²) in [4.78, 5) is 0. The zero-order chi connectivity index (χ0) is 10.7. The average Bonchev–Trinajstić information content (AvgIpc) is 2.25. The van der Waals surface area contributed by atoms with Crippen LogP contribution >= 0.6 is 23.2 Å². The first-order valence-electron chi connectivity index (χ1n) is 5.31. The number of benzene rings is 1. The van der Waals surface area contributed by atoms with Crippen molar-refractivity contribution in [1.29, 1.82) is 0 Å². The molecule has 3 heteroatoms. The number of hydrogen-bond donors (Lipinski definition) is 0. The number of ether oxygens (including phenoxy) is 1. The highest BCUT2D eigenvalue weighted by atomic mass is 35.5. The fourth-order valence-electron chi connectivity index (χ4n) is 1.90. The Morgan fingerprint density at radius 1 is 1.20 bits per heavy atom. The maximum atomic E-state index is 5.96. The van der Waals surface area contributed by atoms with Crippen LogP contribution in [0.15, 0.2) is 18.2 Å². The average molecular weight is 245 g/mol. The van der Waals surface area contributed by atoms with Gasteiger partial charge in [-0.25, -0.2) is 0 Å². The van der Waals surface area contributed by atoms with Crippen LogP contribution in [0.3, 0.4) is 0 Å². The summed E-state index contributed by atoms with van der Waals surface area (Å²) in [5.74, 6) is 0. The van der Waals surface area contributed by atoms with Crippen molar-refractivity contribution in [3.8, 4) is 0 Å². The van der Waals surface area contributed by atoms with Crippen LogP contribution in [-0.4, -0.2) is 12.7 Å². The number of halogens is 2. The van der Waals surface area contributed by atoms with Crippen molar-refractivity contribution in [3.05, 3.63) is 33.8 Å². The minimum atomic E-state index is 0.357. The van der Waals surface area contributed by atoms with Crippen molar-refractivity contribution >= 4 is 23.2 Å². The first kappa shape index (κ1) is 11.3. The Hall–Kier alpha value is -0.240. The second-order valence-electron chi connectivity index (χ2n) is 3.94. The lowest BCUT2D eigenvalue weighted by Crippen LogP contribution is -2.21. The zero-order valence-corrected chi connectivity index (χ0v) is 10.0. The first-order chi connectivity index (χ1) is 7.25. The number of rotatable bonds is 2. The van der Waals surface area contributed by atoms with Crippen molar-refractivity contribution in [2.45, 2.75) is 31.8 Å². The van der Waals surface area contributed by atoms with Gasteiger partial charge in [-0.1, -0.05) is 29.3 Å². The van der Waals surface area contributed by atoms with E-state index in [0.717, 1.165) is 19.4 Å². The van der Waals surface area contributed by atoms with Gasteiger partial charge in [0.1, 0.15) is 0 Å². The van der Waals surface area contributed by atoms with E-state index in [4.69, 9.17) is 27.9 Å². The Morgan fingerprint density at radius 2 is 2.07 bits per heavy atom. The summed E-state index contributed by atoms with van der Waals surface area (Å²) in [5.41, 5.74) is 1.20. The van der Waals surface area contributed by atoms with E-state index in [1.807, 2.05) is 18.2 Å². The van der Waals surface area contributed by atoms with Gasteiger partial charge in [-0.15, -0.1) is 0 Å². The topological polar surface area (TPSA) is 9.23 Å². The highest BCUT2D eigenvalue weighted by molar-refractivity contribution is 6.42. The molecule has 1 heterocycles. The molecule has 0 N–H and O–H groups in total. The Morgan fingerprint density at radius 3 is 2.73 bits per heavy atom. The smallest absolute Gasteiger partial charge is 0.0615 e. The van der Waals surface area contributed by atoms with Crippen LogP contribution < -0.4 is 0 Å². The molecule has 0 saturated carbocycles. The normalized spacial score (nSPS) is 21.6. The molecular weight excluding hydrogens is 231 g/mol. The van der Waals surface area contributed by atoms with Gasteiger partial charge in [0.2, 0.25) is 0 Å². The lowest BCUT2D eigenvalue weighted by molar-refractivity contribution is 0.0168. The second-order valence-corrected chi connectivity index (χ2v) is 4.76. The van der Waals surface area contributed by atoms with E-state index in [9.17, 15) is 0 Å². The molecular formula is C12H14Cl2O.